The first kappa shape index (κ1) is 24.1. The fourth-order valence-electron chi connectivity index (χ4n) is 3.45. The lowest BCUT2D eigenvalue weighted by Gasteiger charge is -2.14. The van der Waals surface area contributed by atoms with Gasteiger partial charge in [-0.25, -0.2) is 0 Å². The summed E-state index contributed by atoms with van der Waals surface area (Å²) in [5.74, 6) is 0. The van der Waals surface area contributed by atoms with Crippen molar-refractivity contribution in [2.45, 2.75) is 41.5 Å². The molecule has 154 valence electrons. The molecule has 0 saturated carbocycles. The van der Waals surface area contributed by atoms with Crippen LogP contribution in [0.15, 0.2) is 47.7 Å². The normalized spacial score (nSPS) is 12.3. The van der Waals surface area contributed by atoms with Crippen LogP contribution in [-0.4, -0.2) is 18.5 Å². The summed E-state index contributed by atoms with van der Waals surface area (Å²) in [6.45, 7) is 12.4. The van der Waals surface area contributed by atoms with Gasteiger partial charge in [0, 0.05) is 7.11 Å². The van der Waals surface area contributed by atoms with Gasteiger partial charge in [0.2, 0.25) is 0 Å². The predicted molar refractivity (Wildman–Crippen MR) is 128 cm³/mol. The van der Waals surface area contributed by atoms with Crippen LogP contribution in [-0.2, 0) is 4.79 Å². The van der Waals surface area contributed by atoms with Crippen molar-refractivity contribution in [3.05, 3.63) is 69.6 Å². The molecule has 0 fully saturated rings. The van der Waals surface area contributed by atoms with E-state index in [1.807, 2.05) is 13.8 Å². The third-order valence-corrected chi connectivity index (χ3v) is 4.67. The number of hydrogen-bond acceptors (Lipinski definition) is 3. The van der Waals surface area contributed by atoms with Gasteiger partial charge in [0.05, 0.1) is 5.70 Å². The van der Waals surface area contributed by atoms with Gasteiger partial charge in [0.1, 0.15) is 0 Å². The molecule has 3 aromatic rings. The minimum atomic E-state index is 0.240. The molecule has 0 atom stereocenters. The number of aldehydes is 1. The van der Waals surface area contributed by atoms with Crippen molar-refractivity contribution in [1.29, 1.82) is 0 Å². The first-order valence-electron chi connectivity index (χ1n) is 9.92. The molecule has 0 aliphatic carbocycles. The summed E-state index contributed by atoms with van der Waals surface area (Å²) in [6.07, 6.45) is 6.79. The molecule has 3 nitrogen and oxygen atoms in total. The van der Waals surface area contributed by atoms with Crippen LogP contribution in [0.5, 0.6) is 0 Å². The number of aryl methyl sites for hydroxylation is 2. The van der Waals surface area contributed by atoms with E-state index < -0.39 is 0 Å². The summed E-state index contributed by atoms with van der Waals surface area (Å²) in [6, 6.07) is 10.9. The summed E-state index contributed by atoms with van der Waals surface area (Å²) in [5.41, 5.74) is 10.6. The molecule has 0 heterocycles. The second-order valence-electron chi connectivity index (χ2n) is 6.66. The van der Waals surface area contributed by atoms with Crippen LogP contribution in [0.25, 0.3) is 33.7 Å². The van der Waals surface area contributed by atoms with Crippen LogP contribution < -0.4 is 11.0 Å². The highest BCUT2D eigenvalue weighted by atomic mass is 16.2. The zero-order chi connectivity index (χ0) is 22.1. The molecule has 29 heavy (non-hydrogen) atoms. The monoisotopic (exact) mass is 391 g/mol. The van der Waals surface area contributed by atoms with Gasteiger partial charge in [-0.15, -0.1) is 0 Å². The number of allylic oxidation sites excluding steroid dienone is 3. The van der Waals surface area contributed by atoms with Crippen molar-refractivity contribution >= 4 is 40.0 Å². The standard InChI is InChI=1S/C23H23NO.C2H6.CH4O/c1-5-14(2)8-17-6-7-18-9-15(3)10-21-19(12-20(24)13-25)11-16(4)22(17)23(18)21;2*1-2/h5-13H,24H2,1-4H3;1-2H3;2H,1H3/b14-5-,17-8-,20-12+;;. The minimum Gasteiger partial charge on any atom is -0.400 e. The summed E-state index contributed by atoms with van der Waals surface area (Å²) >= 11 is 0. The molecule has 0 radical (unpaired) electrons. The van der Waals surface area contributed by atoms with Gasteiger partial charge < -0.3 is 10.8 Å². The molecule has 0 aliphatic rings. The van der Waals surface area contributed by atoms with Crippen LogP contribution in [0.1, 0.15) is 44.4 Å². The molecule has 0 amide bonds. The molecule has 0 bridgehead atoms. The van der Waals surface area contributed by atoms with Gasteiger partial charge >= 0.3 is 0 Å². The Kier molecular flexibility index (Phi) is 9.30. The molecular weight excluding hydrogens is 358 g/mol. The van der Waals surface area contributed by atoms with Crippen molar-refractivity contribution in [3.63, 3.8) is 0 Å². The van der Waals surface area contributed by atoms with Gasteiger partial charge in [0.25, 0.3) is 0 Å². The van der Waals surface area contributed by atoms with Crippen LogP contribution in [0, 0.1) is 13.8 Å². The minimum absolute atomic E-state index is 0.240. The number of aliphatic hydroxyl groups is 1. The molecule has 0 unspecified atom stereocenters. The molecule has 0 saturated heterocycles. The van der Waals surface area contributed by atoms with Crippen molar-refractivity contribution in [3.8, 4) is 0 Å². The summed E-state index contributed by atoms with van der Waals surface area (Å²) in [4.78, 5) is 11.0. The first-order valence-corrected chi connectivity index (χ1v) is 9.92. The number of benzene rings is 3. The van der Waals surface area contributed by atoms with E-state index in [2.05, 4.69) is 70.2 Å². The smallest absolute Gasteiger partial charge is 0.165 e. The zero-order valence-corrected chi connectivity index (χ0v) is 18.6. The molecule has 3 aromatic carbocycles. The Morgan fingerprint density at radius 1 is 1.03 bits per heavy atom. The van der Waals surface area contributed by atoms with Crippen LogP contribution in [0.4, 0.5) is 0 Å². The van der Waals surface area contributed by atoms with E-state index >= 15 is 0 Å². The highest BCUT2D eigenvalue weighted by molar-refractivity contribution is 6.14. The molecular formula is C26H33NO2. The van der Waals surface area contributed by atoms with Crippen LogP contribution >= 0.6 is 0 Å². The predicted octanol–water partition coefficient (Wildman–Crippen LogP) is 5.21. The Balaban J connectivity index is 0.000000989. The van der Waals surface area contributed by atoms with E-state index in [0.717, 1.165) is 18.1 Å². The van der Waals surface area contributed by atoms with E-state index in [1.54, 1.807) is 6.08 Å². The van der Waals surface area contributed by atoms with Crippen molar-refractivity contribution in [2.75, 3.05) is 7.11 Å². The topological polar surface area (TPSA) is 63.3 Å². The lowest BCUT2D eigenvalue weighted by Crippen LogP contribution is -2.06. The Bertz CT molecular complexity index is 1110. The Hall–Kier alpha value is -2.91. The lowest BCUT2D eigenvalue weighted by atomic mass is 9.90. The number of carbonyl (C=O) groups excluding carboxylic acids is 1. The summed E-state index contributed by atoms with van der Waals surface area (Å²) < 4.78 is 0. The quantitative estimate of drug-likeness (QED) is 0.476. The van der Waals surface area contributed by atoms with Crippen molar-refractivity contribution in [1.82, 2.24) is 0 Å². The molecule has 3 rings (SSSR count). The van der Waals surface area contributed by atoms with E-state index in [9.17, 15) is 4.79 Å². The summed E-state index contributed by atoms with van der Waals surface area (Å²) in [7, 11) is 1.00. The maximum Gasteiger partial charge on any atom is 0.165 e. The lowest BCUT2D eigenvalue weighted by molar-refractivity contribution is -0.104. The van der Waals surface area contributed by atoms with E-state index in [1.165, 1.54) is 38.1 Å². The van der Waals surface area contributed by atoms with Gasteiger partial charge in [-0.2, -0.15) is 0 Å². The van der Waals surface area contributed by atoms with Crippen LogP contribution in [0.2, 0.25) is 0 Å². The number of hydrogen-bond donors (Lipinski definition) is 2. The SMILES string of the molecule is C/C=C(C)\C=c1\ccc2cc(C)cc3c(/C=C(/N)C=O)cc(C)c1c23.CC.CO. The van der Waals surface area contributed by atoms with Crippen molar-refractivity contribution < 1.29 is 9.90 Å². The average Bonchev–Trinajstić information content (AvgIpc) is 2.74. The second kappa shape index (κ2) is 11.2. The molecule has 0 aliphatic heterocycles. The fourth-order valence-corrected chi connectivity index (χ4v) is 3.45. The number of rotatable bonds is 3. The van der Waals surface area contributed by atoms with E-state index in [-0.39, 0.29) is 5.70 Å². The largest absolute Gasteiger partial charge is 0.400 e. The Morgan fingerprint density at radius 3 is 2.28 bits per heavy atom. The molecule has 0 spiro atoms. The Morgan fingerprint density at radius 2 is 1.69 bits per heavy atom. The molecule has 0 aromatic heterocycles. The number of nitrogens with two attached hydrogens (primary N) is 1. The highest BCUT2D eigenvalue weighted by Crippen LogP contribution is 2.32. The Labute approximate surface area is 174 Å². The molecule has 3 heteroatoms. The third kappa shape index (κ3) is 5.33. The average molecular weight is 392 g/mol. The van der Waals surface area contributed by atoms with Gasteiger partial charge in [-0.1, -0.05) is 61.9 Å². The first-order chi connectivity index (χ1) is 13.9. The van der Waals surface area contributed by atoms with Gasteiger partial charge in [-0.3, -0.25) is 4.79 Å². The van der Waals surface area contributed by atoms with E-state index in [0.29, 0.717) is 6.29 Å². The van der Waals surface area contributed by atoms with Crippen LogP contribution in [0.3, 0.4) is 0 Å². The zero-order valence-electron chi connectivity index (χ0n) is 18.6. The number of aliphatic hydroxyl groups excluding tert-OH is 1. The maximum atomic E-state index is 11.0. The van der Waals surface area contributed by atoms with E-state index in [4.69, 9.17) is 10.8 Å². The number of carbonyl (C=O) groups is 1. The van der Waals surface area contributed by atoms with Gasteiger partial charge in [0.15, 0.2) is 6.29 Å². The maximum absolute atomic E-state index is 11.0. The van der Waals surface area contributed by atoms with Gasteiger partial charge in [-0.05, 0) is 77.2 Å². The fraction of sp³-hybridized carbons (Fsp3) is 0.269. The summed E-state index contributed by atoms with van der Waals surface area (Å²) in [5, 5.41) is 13.1. The highest BCUT2D eigenvalue weighted by Gasteiger charge is 2.11. The second-order valence-corrected chi connectivity index (χ2v) is 6.66. The molecule has 3 N–H and O–H groups in total. The third-order valence-electron chi connectivity index (χ3n) is 4.67. The van der Waals surface area contributed by atoms with Crippen molar-refractivity contribution in [2.24, 2.45) is 5.73 Å².